The van der Waals surface area contributed by atoms with Crippen LogP contribution >= 0.6 is 0 Å². The molecule has 0 aliphatic carbocycles. The molecule has 0 heterocycles. The number of hydrogen-bond acceptors (Lipinski definition) is 2. The van der Waals surface area contributed by atoms with Crippen molar-refractivity contribution < 1.29 is 4.79 Å². The van der Waals surface area contributed by atoms with Crippen molar-refractivity contribution in [3.63, 3.8) is 0 Å². The Morgan fingerprint density at radius 2 is 2.08 bits per heavy atom. The van der Waals surface area contributed by atoms with E-state index in [1.165, 1.54) is 0 Å². The van der Waals surface area contributed by atoms with Crippen molar-refractivity contribution in [3.8, 4) is 6.07 Å². The predicted octanol–water partition coefficient (Wildman–Crippen LogP) is 1.40. The fraction of sp³-hybridized carbons (Fsp3) is 0.778. The second-order valence-corrected chi connectivity index (χ2v) is 3.06. The summed E-state index contributed by atoms with van der Waals surface area (Å²) in [6, 6.07) is 2.15. The van der Waals surface area contributed by atoms with Gasteiger partial charge in [-0.05, 0) is 20.3 Å². The smallest absolute Gasteiger partial charge is 0.239 e. The van der Waals surface area contributed by atoms with Crippen molar-refractivity contribution in [2.24, 2.45) is 5.92 Å². The van der Waals surface area contributed by atoms with Crippen LogP contribution in [-0.4, -0.2) is 23.9 Å². The Balaban J connectivity index is 4.21. The summed E-state index contributed by atoms with van der Waals surface area (Å²) in [6.45, 7) is 5.62. The molecule has 2 unspecified atom stereocenters. The Bertz CT molecular complexity index is 195. The van der Waals surface area contributed by atoms with E-state index in [1.807, 2.05) is 19.9 Å². The Labute approximate surface area is 74.0 Å². The molecule has 0 radical (unpaired) electrons. The Morgan fingerprint density at radius 1 is 1.58 bits per heavy atom. The highest BCUT2D eigenvalue weighted by atomic mass is 16.2. The first-order valence-electron chi connectivity index (χ1n) is 4.20. The zero-order valence-corrected chi connectivity index (χ0v) is 8.16. The second kappa shape index (κ2) is 4.76. The first-order valence-corrected chi connectivity index (χ1v) is 4.20. The van der Waals surface area contributed by atoms with Crippen LogP contribution in [0.25, 0.3) is 0 Å². The van der Waals surface area contributed by atoms with Crippen LogP contribution in [0, 0.1) is 17.2 Å². The molecule has 0 bridgehead atoms. The van der Waals surface area contributed by atoms with Gasteiger partial charge in [0.1, 0.15) is 5.92 Å². The van der Waals surface area contributed by atoms with E-state index in [-0.39, 0.29) is 11.9 Å². The molecule has 0 fully saturated rings. The minimum absolute atomic E-state index is 0.0909. The van der Waals surface area contributed by atoms with Gasteiger partial charge in [0.2, 0.25) is 5.91 Å². The predicted molar refractivity (Wildman–Crippen MR) is 47.3 cm³/mol. The summed E-state index contributed by atoms with van der Waals surface area (Å²) in [4.78, 5) is 13.0. The summed E-state index contributed by atoms with van der Waals surface area (Å²) < 4.78 is 0. The first-order chi connectivity index (χ1) is 5.54. The molecule has 3 nitrogen and oxygen atoms in total. The molecule has 0 spiro atoms. The van der Waals surface area contributed by atoms with Gasteiger partial charge in [-0.2, -0.15) is 5.26 Å². The van der Waals surface area contributed by atoms with Crippen LogP contribution < -0.4 is 0 Å². The largest absolute Gasteiger partial charge is 0.342 e. The maximum absolute atomic E-state index is 11.4. The van der Waals surface area contributed by atoms with E-state index in [1.54, 1.807) is 18.9 Å². The van der Waals surface area contributed by atoms with Crippen molar-refractivity contribution in [3.05, 3.63) is 0 Å². The molecule has 3 heteroatoms. The van der Waals surface area contributed by atoms with E-state index in [4.69, 9.17) is 5.26 Å². The van der Waals surface area contributed by atoms with Crippen molar-refractivity contribution in [2.75, 3.05) is 7.05 Å². The summed E-state index contributed by atoms with van der Waals surface area (Å²) in [7, 11) is 1.74. The van der Waals surface area contributed by atoms with E-state index in [2.05, 4.69) is 0 Å². The zero-order valence-electron chi connectivity index (χ0n) is 8.16. The number of carbonyl (C=O) groups excluding carboxylic acids is 1. The topological polar surface area (TPSA) is 44.1 Å². The molecule has 0 aliphatic rings. The number of carbonyl (C=O) groups is 1. The molecule has 12 heavy (non-hydrogen) atoms. The molecule has 0 N–H and O–H groups in total. The van der Waals surface area contributed by atoms with Gasteiger partial charge in [0.25, 0.3) is 0 Å². The Morgan fingerprint density at radius 3 is 2.42 bits per heavy atom. The molecule has 0 aromatic heterocycles. The van der Waals surface area contributed by atoms with Gasteiger partial charge in [0, 0.05) is 13.1 Å². The maximum atomic E-state index is 11.4. The SMILES string of the molecule is CCC(C)N(C)C(=O)C(C)C#N. The molecular formula is C9H16N2O. The van der Waals surface area contributed by atoms with Gasteiger partial charge in [0.05, 0.1) is 6.07 Å². The molecule has 0 saturated heterocycles. The van der Waals surface area contributed by atoms with E-state index >= 15 is 0 Å². The lowest BCUT2D eigenvalue weighted by molar-refractivity contribution is -0.133. The molecule has 0 aliphatic heterocycles. The summed E-state index contributed by atoms with van der Waals surface area (Å²) in [6.07, 6.45) is 0.917. The molecule has 68 valence electrons. The highest BCUT2D eigenvalue weighted by molar-refractivity contribution is 5.80. The van der Waals surface area contributed by atoms with Gasteiger partial charge in [-0.15, -0.1) is 0 Å². The highest BCUT2D eigenvalue weighted by Crippen LogP contribution is 2.05. The van der Waals surface area contributed by atoms with Crippen LogP contribution in [0.4, 0.5) is 0 Å². The fourth-order valence-electron chi connectivity index (χ4n) is 0.852. The molecular weight excluding hydrogens is 152 g/mol. The van der Waals surface area contributed by atoms with Crippen LogP contribution in [-0.2, 0) is 4.79 Å². The molecule has 2 atom stereocenters. The van der Waals surface area contributed by atoms with E-state index in [0.717, 1.165) is 6.42 Å². The number of hydrogen-bond donors (Lipinski definition) is 0. The number of nitrogens with zero attached hydrogens (tertiary/aromatic N) is 2. The minimum atomic E-state index is -0.524. The third-order valence-electron chi connectivity index (χ3n) is 2.16. The molecule has 0 aromatic rings. The maximum Gasteiger partial charge on any atom is 0.239 e. The summed E-state index contributed by atoms with van der Waals surface area (Å²) >= 11 is 0. The Kier molecular flexibility index (Phi) is 4.35. The lowest BCUT2D eigenvalue weighted by Gasteiger charge is -2.24. The van der Waals surface area contributed by atoms with Crippen LogP contribution in [0.3, 0.4) is 0 Å². The standard InChI is InChI=1S/C9H16N2O/c1-5-8(3)11(4)9(12)7(2)6-10/h7-8H,5H2,1-4H3. The van der Waals surface area contributed by atoms with Crippen molar-refractivity contribution in [2.45, 2.75) is 33.2 Å². The molecule has 0 saturated carbocycles. The number of nitriles is 1. The average Bonchev–Trinajstić information content (AvgIpc) is 2.12. The van der Waals surface area contributed by atoms with Gasteiger partial charge >= 0.3 is 0 Å². The molecule has 0 aromatic carbocycles. The number of amides is 1. The van der Waals surface area contributed by atoms with Crippen LogP contribution in [0.2, 0.25) is 0 Å². The van der Waals surface area contributed by atoms with Gasteiger partial charge < -0.3 is 4.90 Å². The first kappa shape index (κ1) is 11.0. The quantitative estimate of drug-likeness (QED) is 0.639. The lowest BCUT2D eigenvalue weighted by atomic mass is 10.1. The van der Waals surface area contributed by atoms with Crippen LogP contribution in [0.5, 0.6) is 0 Å². The van der Waals surface area contributed by atoms with Gasteiger partial charge in [0.15, 0.2) is 0 Å². The van der Waals surface area contributed by atoms with E-state index < -0.39 is 5.92 Å². The molecule has 0 rings (SSSR count). The Hall–Kier alpha value is -1.04. The number of rotatable bonds is 3. The van der Waals surface area contributed by atoms with Crippen LogP contribution in [0.15, 0.2) is 0 Å². The average molecular weight is 168 g/mol. The fourth-order valence-corrected chi connectivity index (χ4v) is 0.852. The lowest BCUT2D eigenvalue weighted by Crippen LogP contribution is -2.37. The van der Waals surface area contributed by atoms with Gasteiger partial charge in [-0.1, -0.05) is 6.92 Å². The van der Waals surface area contributed by atoms with Crippen molar-refractivity contribution >= 4 is 5.91 Å². The zero-order chi connectivity index (χ0) is 9.72. The van der Waals surface area contributed by atoms with Gasteiger partial charge in [-0.3, -0.25) is 4.79 Å². The third kappa shape index (κ3) is 2.54. The van der Waals surface area contributed by atoms with Gasteiger partial charge in [-0.25, -0.2) is 0 Å². The van der Waals surface area contributed by atoms with Crippen molar-refractivity contribution in [1.29, 1.82) is 5.26 Å². The summed E-state index contributed by atoms with van der Waals surface area (Å²) in [5, 5.41) is 8.51. The van der Waals surface area contributed by atoms with Crippen LogP contribution in [0.1, 0.15) is 27.2 Å². The third-order valence-corrected chi connectivity index (χ3v) is 2.16. The van der Waals surface area contributed by atoms with E-state index in [9.17, 15) is 4.79 Å². The highest BCUT2D eigenvalue weighted by Gasteiger charge is 2.19. The minimum Gasteiger partial charge on any atom is -0.342 e. The monoisotopic (exact) mass is 168 g/mol. The normalized spacial score (nSPS) is 14.6. The van der Waals surface area contributed by atoms with Crippen molar-refractivity contribution in [1.82, 2.24) is 4.90 Å². The second-order valence-electron chi connectivity index (χ2n) is 3.06. The molecule has 1 amide bonds. The summed E-state index contributed by atoms with van der Waals surface area (Å²) in [5.74, 6) is -0.615. The van der Waals surface area contributed by atoms with E-state index in [0.29, 0.717) is 0 Å². The summed E-state index contributed by atoms with van der Waals surface area (Å²) in [5.41, 5.74) is 0.